The Labute approximate surface area is 100 Å². The predicted octanol–water partition coefficient (Wildman–Crippen LogP) is 2.97. The molecule has 2 rings (SSSR count). The summed E-state index contributed by atoms with van der Waals surface area (Å²) in [6.07, 6.45) is 8.09. The van der Waals surface area contributed by atoms with Gasteiger partial charge in [-0.3, -0.25) is 0 Å². The second-order valence-corrected chi connectivity index (χ2v) is 6.43. The predicted molar refractivity (Wildman–Crippen MR) is 67.6 cm³/mol. The first kappa shape index (κ1) is 12.4. The van der Waals surface area contributed by atoms with Crippen LogP contribution in [-0.2, 0) is 4.74 Å². The maximum absolute atomic E-state index is 5.52. The van der Waals surface area contributed by atoms with Crippen LogP contribution in [0.15, 0.2) is 0 Å². The third kappa shape index (κ3) is 3.74. The monoisotopic (exact) mass is 225 g/mol. The molecule has 0 aromatic carbocycles. The first-order valence-electron chi connectivity index (χ1n) is 6.97. The molecule has 94 valence electrons. The zero-order valence-electron chi connectivity index (χ0n) is 10.9. The molecule has 1 aliphatic heterocycles. The molecule has 0 aromatic heterocycles. The minimum absolute atomic E-state index is 0.589. The van der Waals surface area contributed by atoms with Gasteiger partial charge in [0, 0.05) is 19.2 Å². The molecule has 0 aromatic rings. The number of hydrogen-bond acceptors (Lipinski definition) is 2. The normalized spacial score (nSPS) is 31.5. The molecule has 0 radical (unpaired) electrons. The number of ether oxygens (including phenoxy) is 1. The summed E-state index contributed by atoms with van der Waals surface area (Å²) >= 11 is 0. The Morgan fingerprint density at radius 1 is 1.19 bits per heavy atom. The molecular weight excluding hydrogens is 198 g/mol. The van der Waals surface area contributed by atoms with Crippen LogP contribution in [0.1, 0.15) is 52.4 Å². The van der Waals surface area contributed by atoms with Gasteiger partial charge in [-0.05, 0) is 49.9 Å². The van der Waals surface area contributed by atoms with Crippen LogP contribution in [0.4, 0.5) is 0 Å². The largest absolute Gasteiger partial charge is 0.381 e. The highest BCUT2D eigenvalue weighted by molar-refractivity contribution is 4.82. The van der Waals surface area contributed by atoms with Gasteiger partial charge in [-0.1, -0.05) is 13.8 Å². The first-order chi connectivity index (χ1) is 7.66. The topological polar surface area (TPSA) is 21.3 Å². The summed E-state index contributed by atoms with van der Waals surface area (Å²) in [5.74, 6) is 0.767. The quantitative estimate of drug-likeness (QED) is 0.797. The van der Waals surface area contributed by atoms with E-state index in [-0.39, 0.29) is 0 Å². The van der Waals surface area contributed by atoms with E-state index in [0.29, 0.717) is 5.41 Å². The minimum atomic E-state index is 0.589. The summed E-state index contributed by atoms with van der Waals surface area (Å²) in [5.41, 5.74) is 0.589. The van der Waals surface area contributed by atoms with Crippen molar-refractivity contribution in [1.29, 1.82) is 0 Å². The molecule has 1 atom stereocenters. The molecule has 0 bridgehead atoms. The van der Waals surface area contributed by atoms with Gasteiger partial charge in [-0.25, -0.2) is 0 Å². The lowest BCUT2D eigenvalue weighted by atomic mass is 9.75. The summed E-state index contributed by atoms with van der Waals surface area (Å²) in [7, 11) is 0. The van der Waals surface area contributed by atoms with Crippen LogP contribution in [0.5, 0.6) is 0 Å². The highest BCUT2D eigenvalue weighted by atomic mass is 16.5. The van der Waals surface area contributed by atoms with E-state index in [1.807, 2.05) is 0 Å². The minimum Gasteiger partial charge on any atom is -0.381 e. The van der Waals surface area contributed by atoms with Crippen molar-refractivity contribution in [3.05, 3.63) is 0 Å². The maximum Gasteiger partial charge on any atom is 0.0506 e. The van der Waals surface area contributed by atoms with Crippen LogP contribution >= 0.6 is 0 Å². The van der Waals surface area contributed by atoms with E-state index in [4.69, 9.17) is 4.74 Å². The van der Waals surface area contributed by atoms with Gasteiger partial charge < -0.3 is 10.1 Å². The van der Waals surface area contributed by atoms with Gasteiger partial charge in [-0.15, -0.1) is 0 Å². The fourth-order valence-corrected chi connectivity index (χ4v) is 2.91. The molecule has 2 aliphatic rings. The summed E-state index contributed by atoms with van der Waals surface area (Å²) < 4.78 is 5.52. The third-order valence-electron chi connectivity index (χ3n) is 4.29. The first-order valence-corrected chi connectivity index (χ1v) is 6.97. The molecule has 0 amide bonds. The van der Waals surface area contributed by atoms with Crippen LogP contribution in [0, 0.1) is 11.3 Å². The molecule has 16 heavy (non-hydrogen) atoms. The standard InChI is InChI=1S/C14H27NO/c1-14(2)7-5-13(6-8-14)15-10-12-4-3-9-16-11-12/h12-13,15H,3-11H2,1-2H3. The molecule has 0 spiro atoms. The average molecular weight is 225 g/mol. The molecule has 1 aliphatic carbocycles. The molecule has 1 saturated carbocycles. The van der Waals surface area contributed by atoms with E-state index in [9.17, 15) is 0 Å². The van der Waals surface area contributed by atoms with E-state index < -0.39 is 0 Å². The second-order valence-electron chi connectivity index (χ2n) is 6.43. The van der Waals surface area contributed by atoms with E-state index in [1.165, 1.54) is 45.1 Å². The summed E-state index contributed by atoms with van der Waals surface area (Å²) in [6, 6.07) is 0.773. The van der Waals surface area contributed by atoms with Crippen LogP contribution in [0.2, 0.25) is 0 Å². The highest BCUT2D eigenvalue weighted by Gasteiger charge is 2.27. The van der Waals surface area contributed by atoms with Crippen molar-refractivity contribution in [3.63, 3.8) is 0 Å². The fourth-order valence-electron chi connectivity index (χ4n) is 2.91. The Hall–Kier alpha value is -0.0800. The molecular formula is C14H27NO. The number of nitrogens with one attached hydrogen (secondary N) is 1. The smallest absolute Gasteiger partial charge is 0.0506 e. The van der Waals surface area contributed by atoms with Crippen molar-refractivity contribution in [2.24, 2.45) is 11.3 Å². The van der Waals surface area contributed by atoms with Crippen molar-refractivity contribution < 1.29 is 4.74 Å². The number of hydrogen-bond donors (Lipinski definition) is 1. The van der Waals surface area contributed by atoms with E-state index in [2.05, 4.69) is 19.2 Å². The van der Waals surface area contributed by atoms with Crippen molar-refractivity contribution in [2.45, 2.75) is 58.4 Å². The lowest BCUT2D eigenvalue weighted by Crippen LogP contribution is -2.39. The molecule has 1 saturated heterocycles. The van der Waals surface area contributed by atoms with Crippen molar-refractivity contribution in [1.82, 2.24) is 5.32 Å². The van der Waals surface area contributed by atoms with Gasteiger partial charge in [0.25, 0.3) is 0 Å². The van der Waals surface area contributed by atoms with Crippen LogP contribution in [0.25, 0.3) is 0 Å². The van der Waals surface area contributed by atoms with E-state index >= 15 is 0 Å². The molecule has 1 unspecified atom stereocenters. The fraction of sp³-hybridized carbons (Fsp3) is 1.00. The average Bonchev–Trinajstić information content (AvgIpc) is 2.29. The summed E-state index contributed by atoms with van der Waals surface area (Å²) in [5, 5.41) is 3.75. The van der Waals surface area contributed by atoms with Gasteiger partial charge in [-0.2, -0.15) is 0 Å². The molecule has 2 fully saturated rings. The van der Waals surface area contributed by atoms with Crippen LogP contribution in [0.3, 0.4) is 0 Å². The maximum atomic E-state index is 5.52. The van der Waals surface area contributed by atoms with E-state index in [0.717, 1.165) is 25.2 Å². The zero-order valence-corrected chi connectivity index (χ0v) is 10.9. The Morgan fingerprint density at radius 3 is 2.56 bits per heavy atom. The van der Waals surface area contributed by atoms with Gasteiger partial charge in [0.1, 0.15) is 0 Å². The van der Waals surface area contributed by atoms with Crippen LogP contribution in [-0.4, -0.2) is 25.8 Å². The van der Waals surface area contributed by atoms with Gasteiger partial charge in [0.05, 0.1) is 6.61 Å². The van der Waals surface area contributed by atoms with Crippen molar-refractivity contribution >= 4 is 0 Å². The second kappa shape index (κ2) is 5.50. The Bertz CT molecular complexity index is 199. The Balaban J connectivity index is 1.63. The van der Waals surface area contributed by atoms with Gasteiger partial charge >= 0.3 is 0 Å². The SMILES string of the molecule is CC1(C)CCC(NCC2CCCOC2)CC1. The number of rotatable bonds is 3. The Morgan fingerprint density at radius 2 is 1.94 bits per heavy atom. The van der Waals surface area contributed by atoms with Crippen molar-refractivity contribution in [2.75, 3.05) is 19.8 Å². The highest BCUT2D eigenvalue weighted by Crippen LogP contribution is 2.35. The zero-order chi connectivity index (χ0) is 11.4. The Kier molecular flexibility index (Phi) is 4.26. The van der Waals surface area contributed by atoms with Crippen molar-refractivity contribution in [3.8, 4) is 0 Å². The summed E-state index contributed by atoms with van der Waals surface area (Å²) in [4.78, 5) is 0. The molecule has 1 heterocycles. The third-order valence-corrected chi connectivity index (χ3v) is 4.29. The molecule has 2 heteroatoms. The lowest BCUT2D eigenvalue weighted by Gasteiger charge is -2.35. The molecule has 2 nitrogen and oxygen atoms in total. The lowest BCUT2D eigenvalue weighted by molar-refractivity contribution is 0.0524. The van der Waals surface area contributed by atoms with Gasteiger partial charge in [0.15, 0.2) is 0 Å². The molecule has 1 N–H and O–H groups in total. The van der Waals surface area contributed by atoms with Gasteiger partial charge in [0.2, 0.25) is 0 Å². The van der Waals surface area contributed by atoms with Crippen LogP contribution < -0.4 is 5.32 Å². The van der Waals surface area contributed by atoms with E-state index in [1.54, 1.807) is 0 Å². The summed E-state index contributed by atoms with van der Waals surface area (Å²) in [6.45, 7) is 7.93.